The summed E-state index contributed by atoms with van der Waals surface area (Å²) in [6.45, 7) is 6.97. The molecule has 2 heterocycles. The monoisotopic (exact) mass is 260 g/mol. The lowest BCUT2D eigenvalue weighted by Gasteiger charge is -2.29. The molecule has 1 fully saturated rings. The highest BCUT2D eigenvalue weighted by Gasteiger charge is 2.16. The number of hydrogen-bond donors (Lipinski definition) is 1. The lowest BCUT2D eigenvalue weighted by molar-refractivity contribution is 0.0328. The third-order valence-electron chi connectivity index (χ3n) is 3.70. The minimum absolute atomic E-state index is 0.395. The van der Waals surface area contributed by atoms with Crippen molar-refractivity contribution in [2.75, 3.05) is 38.6 Å². The lowest BCUT2D eigenvalue weighted by Crippen LogP contribution is -2.39. The highest BCUT2D eigenvalue weighted by Crippen LogP contribution is 2.20. The van der Waals surface area contributed by atoms with Crippen LogP contribution in [-0.2, 0) is 4.74 Å². The maximum absolute atomic E-state index is 5.79. The van der Waals surface area contributed by atoms with Gasteiger partial charge in [-0.2, -0.15) is 0 Å². The Hall–Kier alpha value is -1.59. The maximum Gasteiger partial charge on any atom is 0.0961 e. The fraction of sp³-hybridized carbons (Fsp3) is 0.500. The van der Waals surface area contributed by atoms with E-state index in [1.807, 2.05) is 24.5 Å². The van der Waals surface area contributed by atoms with Gasteiger partial charge in [-0.05, 0) is 25.1 Å². The Morgan fingerprint density at radius 3 is 2.95 bits per heavy atom. The summed E-state index contributed by atoms with van der Waals surface area (Å²) in [6, 6.07) is 6.30. The van der Waals surface area contributed by atoms with Crippen molar-refractivity contribution < 1.29 is 4.74 Å². The van der Waals surface area contributed by atoms with Gasteiger partial charge in [0.1, 0.15) is 0 Å². The number of morpholine rings is 1. The van der Waals surface area contributed by atoms with E-state index in [4.69, 9.17) is 10.5 Å². The Morgan fingerprint density at radius 1 is 1.37 bits per heavy atom. The summed E-state index contributed by atoms with van der Waals surface area (Å²) in [5.41, 5.74) is 8.66. The predicted molar refractivity (Wildman–Crippen MR) is 76.1 cm³/mol. The van der Waals surface area contributed by atoms with Crippen molar-refractivity contribution in [1.82, 2.24) is 14.5 Å². The van der Waals surface area contributed by atoms with Crippen LogP contribution in [-0.4, -0.2) is 47.3 Å². The Bertz CT molecular complexity index is 560. The van der Waals surface area contributed by atoms with Gasteiger partial charge in [-0.1, -0.05) is 0 Å². The van der Waals surface area contributed by atoms with E-state index in [-0.39, 0.29) is 0 Å². The van der Waals surface area contributed by atoms with Gasteiger partial charge in [0.25, 0.3) is 0 Å². The van der Waals surface area contributed by atoms with Gasteiger partial charge in [0.15, 0.2) is 0 Å². The molecule has 1 aliphatic rings. The number of ether oxygens (including phenoxy) is 1. The molecule has 1 aromatic carbocycles. The molecule has 102 valence electrons. The van der Waals surface area contributed by atoms with Gasteiger partial charge in [0, 0.05) is 31.4 Å². The summed E-state index contributed by atoms with van der Waals surface area (Å²) in [5.74, 6) is 0. The van der Waals surface area contributed by atoms with Crippen LogP contribution in [0.15, 0.2) is 24.5 Å². The minimum Gasteiger partial charge on any atom is -0.399 e. The SMILES string of the molecule is CC(CN1CCOCC1)n1cnc2cc(N)ccc21. The van der Waals surface area contributed by atoms with E-state index in [2.05, 4.69) is 21.4 Å². The summed E-state index contributed by atoms with van der Waals surface area (Å²) in [5, 5.41) is 0. The number of nitrogen functional groups attached to an aromatic ring is 1. The van der Waals surface area contributed by atoms with Gasteiger partial charge in [-0.3, -0.25) is 4.90 Å². The first-order valence-electron chi connectivity index (χ1n) is 6.76. The second-order valence-electron chi connectivity index (χ2n) is 5.16. The Balaban J connectivity index is 1.79. The highest BCUT2D eigenvalue weighted by molar-refractivity contribution is 5.79. The summed E-state index contributed by atoms with van der Waals surface area (Å²) < 4.78 is 7.61. The summed E-state index contributed by atoms with van der Waals surface area (Å²) in [6.07, 6.45) is 1.91. The van der Waals surface area contributed by atoms with Crippen molar-refractivity contribution >= 4 is 16.7 Å². The smallest absolute Gasteiger partial charge is 0.0961 e. The third kappa shape index (κ3) is 2.57. The number of hydrogen-bond acceptors (Lipinski definition) is 4. The zero-order valence-electron chi connectivity index (χ0n) is 11.2. The van der Waals surface area contributed by atoms with Crippen LogP contribution in [0.5, 0.6) is 0 Å². The van der Waals surface area contributed by atoms with Crippen molar-refractivity contribution in [3.63, 3.8) is 0 Å². The number of nitrogens with zero attached hydrogens (tertiary/aromatic N) is 3. The number of rotatable bonds is 3. The Morgan fingerprint density at radius 2 is 2.16 bits per heavy atom. The van der Waals surface area contributed by atoms with Crippen molar-refractivity contribution in [2.45, 2.75) is 13.0 Å². The zero-order valence-corrected chi connectivity index (χ0v) is 11.2. The molecule has 0 amide bonds. The van der Waals surface area contributed by atoms with E-state index in [9.17, 15) is 0 Å². The van der Waals surface area contributed by atoms with Crippen molar-refractivity contribution in [1.29, 1.82) is 0 Å². The van der Waals surface area contributed by atoms with Gasteiger partial charge in [0.2, 0.25) is 0 Å². The van der Waals surface area contributed by atoms with Gasteiger partial charge in [-0.15, -0.1) is 0 Å². The van der Waals surface area contributed by atoms with Crippen LogP contribution in [0, 0.1) is 0 Å². The van der Waals surface area contributed by atoms with E-state index in [0.717, 1.165) is 49.6 Å². The third-order valence-corrected chi connectivity index (χ3v) is 3.70. The molecule has 1 saturated heterocycles. The first kappa shape index (κ1) is 12.4. The molecular formula is C14H20N4O. The fourth-order valence-corrected chi connectivity index (χ4v) is 2.65. The molecule has 0 spiro atoms. The van der Waals surface area contributed by atoms with Crippen LogP contribution in [0.1, 0.15) is 13.0 Å². The summed E-state index contributed by atoms with van der Waals surface area (Å²) >= 11 is 0. The summed E-state index contributed by atoms with van der Waals surface area (Å²) in [7, 11) is 0. The number of anilines is 1. The van der Waals surface area contributed by atoms with E-state index in [0.29, 0.717) is 6.04 Å². The second-order valence-corrected chi connectivity index (χ2v) is 5.16. The second kappa shape index (κ2) is 5.19. The predicted octanol–water partition coefficient (Wildman–Crippen LogP) is 1.51. The van der Waals surface area contributed by atoms with Crippen LogP contribution in [0.3, 0.4) is 0 Å². The normalized spacial score (nSPS) is 18.8. The highest BCUT2D eigenvalue weighted by atomic mass is 16.5. The van der Waals surface area contributed by atoms with Gasteiger partial charge in [0.05, 0.1) is 30.6 Å². The Labute approximate surface area is 113 Å². The molecule has 2 aromatic rings. The lowest BCUT2D eigenvalue weighted by atomic mass is 10.2. The molecule has 19 heavy (non-hydrogen) atoms. The van der Waals surface area contributed by atoms with E-state index < -0.39 is 0 Å². The van der Waals surface area contributed by atoms with Crippen LogP contribution in [0.2, 0.25) is 0 Å². The molecule has 1 atom stereocenters. The summed E-state index contributed by atoms with van der Waals surface area (Å²) in [4.78, 5) is 6.88. The largest absolute Gasteiger partial charge is 0.399 e. The molecule has 1 unspecified atom stereocenters. The first-order chi connectivity index (χ1) is 9.24. The molecule has 2 N–H and O–H groups in total. The average molecular weight is 260 g/mol. The number of fused-ring (bicyclic) bond motifs is 1. The standard InChI is InChI=1S/C14H20N4O/c1-11(9-17-4-6-19-7-5-17)18-10-16-13-8-12(15)2-3-14(13)18/h2-3,8,10-11H,4-7,9,15H2,1H3. The van der Waals surface area contributed by atoms with Crippen LogP contribution < -0.4 is 5.73 Å². The molecule has 0 bridgehead atoms. The maximum atomic E-state index is 5.79. The first-order valence-corrected chi connectivity index (χ1v) is 6.76. The van der Waals surface area contributed by atoms with E-state index >= 15 is 0 Å². The molecule has 1 aromatic heterocycles. The molecule has 3 rings (SSSR count). The molecular weight excluding hydrogens is 240 g/mol. The van der Waals surface area contributed by atoms with Gasteiger partial charge < -0.3 is 15.0 Å². The molecule has 1 aliphatic heterocycles. The van der Waals surface area contributed by atoms with Crippen molar-refractivity contribution in [3.8, 4) is 0 Å². The quantitative estimate of drug-likeness (QED) is 0.850. The Kier molecular flexibility index (Phi) is 3.40. The number of imidazole rings is 1. The minimum atomic E-state index is 0.395. The van der Waals surface area contributed by atoms with E-state index in [1.54, 1.807) is 0 Å². The van der Waals surface area contributed by atoms with Crippen LogP contribution >= 0.6 is 0 Å². The van der Waals surface area contributed by atoms with Gasteiger partial charge >= 0.3 is 0 Å². The molecule has 0 aliphatic carbocycles. The van der Waals surface area contributed by atoms with Gasteiger partial charge in [-0.25, -0.2) is 4.98 Å². The van der Waals surface area contributed by atoms with Crippen molar-refractivity contribution in [3.05, 3.63) is 24.5 Å². The molecule has 5 nitrogen and oxygen atoms in total. The van der Waals surface area contributed by atoms with Crippen molar-refractivity contribution in [2.24, 2.45) is 0 Å². The number of benzene rings is 1. The number of aromatic nitrogens is 2. The van der Waals surface area contributed by atoms with Crippen LogP contribution in [0.4, 0.5) is 5.69 Å². The van der Waals surface area contributed by atoms with E-state index in [1.165, 1.54) is 0 Å². The van der Waals surface area contributed by atoms with Crippen LogP contribution in [0.25, 0.3) is 11.0 Å². The zero-order chi connectivity index (χ0) is 13.2. The fourth-order valence-electron chi connectivity index (χ4n) is 2.65. The number of nitrogens with two attached hydrogens (primary N) is 1. The topological polar surface area (TPSA) is 56.3 Å². The average Bonchev–Trinajstić information content (AvgIpc) is 2.82. The molecule has 5 heteroatoms. The molecule has 0 saturated carbocycles. The molecule has 0 radical (unpaired) electrons.